The highest BCUT2D eigenvalue weighted by molar-refractivity contribution is 5.78. The van der Waals surface area contributed by atoms with Crippen LogP contribution in [-0.4, -0.2) is 50.8 Å². The first-order valence-electron chi connectivity index (χ1n) is 8.72. The van der Waals surface area contributed by atoms with Crippen LogP contribution in [0, 0.1) is 5.92 Å². The van der Waals surface area contributed by atoms with Crippen LogP contribution >= 0.6 is 0 Å². The van der Waals surface area contributed by atoms with Gasteiger partial charge in [-0.3, -0.25) is 9.69 Å². The number of methoxy groups -OCH3 is 2. The normalized spacial score (nSPS) is 17.7. The highest BCUT2D eigenvalue weighted by Gasteiger charge is 2.23. The zero-order chi connectivity index (χ0) is 17.5. The predicted molar refractivity (Wildman–Crippen MR) is 95.2 cm³/mol. The SMILES string of the molecule is COc1ccc(C(NC(=O)CN2CCC(OC)CC2)C(C)C)cc1. The molecule has 1 aromatic carbocycles. The lowest BCUT2D eigenvalue weighted by atomic mass is 9.96. The number of piperidine rings is 1. The van der Waals surface area contributed by atoms with Crippen LogP contribution in [0.1, 0.15) is 38.3 Å². The van der Waals surface area contributed by atoms with E-state index >= 15 is 0 Å². The molecular formula is C19H30N2O3. The minimum atomic E-state index is 0.0138. The maximum atomic E-state index is 12.5. The van der Waals surface area contributed by atoms with E-state index in [2.05, 4.69) is 24.1 Å². The summed E-state index contributed by atoms with van der Waals surface area (Å²) in [6.45, 7) is 6.54. The van der Waals surface area contributed by atoms with Gasteiger partial charge in [-0.15, -0.1) is 0 Å². The van der Waals surface area contributed by atoms with Crippen LogP contribution in [-0.2, 0) is 9.53 Å². The Kier molecular flexibility index (Phi) is 7.06. The van der Waals surface area contributed by atoms with Crippen molar-refractivity contribution in [3.05, 3.63) is 29.8 Å². The largest absolute Gasteiger partial charge is 0.497 e. The molecule has 1 atom stereocenters. The van der Waals surface area contributed by atoms with E-state index < -0.39 is 0 Å². The lowest BCUT2D eigenvalue weighted by molar-refractivity contribution is -0.124. The van der Waals surface area contributed by atoms with Gasteiger partial charge in [0.05, 0.1) is 25.8 Å². The Balaban J connectivity index is 1.91. The molecule has 1 saturated heterocycles. The van der Waals surface area contributed by atoms with Gasteiger partial charge in [0.25, 0.3) is 0 Å². The fraction of sp³-hybridized carbons (Fsp3) is 0.632. The summed E-state index contributed by atoms with van der Waals surface area (Å²) in [6.07, 6.45) is 2.33. The van der Waals surface area contributed by atoms with Crippen molar-refractivity contribution < 1.29 is 14.3 Å². The van der Waals surface area contributed by atoms with E-state index in [-0.39, 0.29) is 11.9 Å². The zero-order valence-electron chi connectivity index (χ0n) is 15.2. The van der Waals surface area contributed by atoms with Crippen LogP contribution < -0.4 is 10.1 Å². The first kappa shape index (κ1) is 18.7. The van der Waals surface area contributed by atoms with Crippen LogP contribution in [0.4, 0.5) is 0 Å². The summed E-state index contributed by atoms with van der Waals surface area (Å²) in [5.74, 6) is 1.23. The number of rotatable bonds is 7. The molecule has 1 fully saturated rings. The van der Waals surface area contributed by atoms with Gasteiger partial charge >= 0.3 is 0 Å². The maximum absolute atomic E-state index is 12.5. The molecule has 5 heteroatoms. The zero-order valence-corrected chi connectivity index (χ0v) is 15.2. The second kappa shape index (κ2) is 9.04. The third-order valence-corrected chi connectivity index (χ3v) is 4.69. The molecule has 0 aliphatic carbocycles. The van der Waals surface area contributed by atoms with Gasteiger partial charge in [0.1, 0.15) is 5.75 Å². The minimum Gasteiger partial charge on any atom is -0.497 e. The number of hydrogen-bond donors (Lipinski definition) is 1. The molecule has 2 rings (SSSR count). The van der Waals surface area contributed by atoms with Crippen molar-refractivity contribution in [3.63, 3.8) is 0 Å². The third-order valence-electron chi connectivity index (χ3n) is 4.69. The van der Waals surface area contributed by atoms with Crippen molar-refractivity contribution in [1.82, 2.24) is 10.2 Å². The Morgan fingerprint density at radius 2 is 1.83 bits per heavy atom. The molecule has 1 aliphatic rings. The highest BCUT2D eigenvalue weighted by atomic mass is 16.5. The van der Waals surface area contributed by atoms with Gasteiger partial charge in [-0.1, -0.05) is 26.0 Å². The van der Waals surface area contributed by atoms with E-state index in [9.17, 15) is 4.79 Å². The third kappa shape index (κ3) is 5.21. The molecule has 0 radical (unpaired) electrons. The Bertz CT molecular complexity index is 508. The Morgan fingerprint density at radius 1 is 1.21 bits per heavy atom. The van der Waals surface area contributed by atoms with E-state index in [0.717, 1.165) is 37.2 Å². The molecular weight excluding hydrogens is 304 g/mol. The molecule has 0 saturated carbocycles. The first-order chi connectivity index (χ1) is 11.5. The van der Waals surface area contributed by atoms with Crippen LogP contribution in [0.2, 0.25) is 0 Å². The summed E-state index contributed by atoms with van der Waals surface area (Å²) in [4.78, 5) is 14.7. The van der Waals surface area contributed by atoms with Crippen molar-refractivity contribution in [2.75, 3.05) is 33.9 Å². The van der Waals surface area contributed by atoms with Crippen molar-refractivity contribution in [2.24, 2.45) is 5.92 Å². The van der Waals surface area contributed by atoms with E-state index in [1.807, 2.05) is 24.3 Å². The van der Waals surface area contributed by atoms with Crippen molar-refractivity contribution >= 4 is 5.91 Å². The van der Waals surface area contributed by atoms with Crippen LogP contribution in [0.3, 0.4) is 0 Å². The van der Waals surface area contributed by atoms with E-state index in [0.29, 0.717) is 18.6 Å². The van der Waals surface area contributed by atoms with Gasteiger partial charge in [-0.25, -0.2) is 0 Å². The second-order valence-electron chi connectivity index (χ2n) is 6.77. The summed E-state index contributed by atoms with van der Waals surface area (Å²) in [7, 11) is 3.42. The smallest absolute Gasteiger partial charge is 0.234 e. The number of amides is 1. The number of hydrogen-bond acceptors (Lipinski definition) is 4. The van der Waals surface area contributed by atoms with Gasteiger partial charge in [-0.05, 0) is 36.5 Å². The fourth-order valence-corrected chi connectivity index (χ4v) is 3.17. The molecule has 24 heavy (non-hydrogen) atoms. The molecule has 5 nitrogen and oxygen atoms in total. The minimum absolute atomic E-state index is 0.0138. The van der Waals surface area contributed by atoms with Crippen LogP contribution in [0.5, 0.6) is 5.75 Å². The monoisotopic (exact) mass is 334 g/mol. The summed E-state index contributed by atoms with van der Waals surface area (Å²) in [5.41, 5.74) is 1.11. The maximum Gasteiger partial charge on any atom is 0.234 e. The molecule has 1 unspecified atom stereocenters. The molecule has 134 valence electrons. The number of likely N-dealkylation sites (tertiary alicyclic amines) is 1. The molecule has 0 bridgehead atoms. The number of carbonyl (C=O) groups excluding carboxylic acids is 1. The molecule has 0 spiro atoms. The van der Waals surface area contributed by atoms with Crippen molar-refractivity contribution in [2.45, 2.75) is 38.8 Å². The van der Waals surface area contributed by atoms with E-state index in [1.165, 1.54) is 0 Å². The number of benzene rings is 1. The van der Waals surface area contributed by atoms with Gasteiger partial charge in [0.2, 0.25) is 5.91 Å². The van der Waals surface area contributed by atoms with Crippen molar-refractivity contribution in [3.8, 4) is 5.75 Å². The van der Waals surface area contributed by atoms with Gasteiger partial charge in [0, 0.05) is 20.2 Å². The number of nitrogens with one attached hydrogen (secondary N) is 1. The Hall–Kier alpha value is -1.59. The average Bonchev–Trinajstić information content (AvgIpc) is 2.60. The topological polar surface area (TPSA) is 50.8 Å². The molecule has 1 aromatic rings. The van der Waals surface area contributed by atoms with E-state index in [4.69, 9.17) is 9.47 Å². The number of carbonyl (C=O) groups is 1. The summed E-state index contributed by atoms with van der Waals surface area (Å²) < 4.78 is 10.6. The second-order valence-corrected chi connectivity index (χ2v) is 6.77. The molecule has 0 aromatic heterocycles. The van der Waals surface area contributed by atoms with Gasteiger partial charge < -0.3 is 14.8 Å². The summed E-state index contributed by atoms with van der Waals surface area (Å²) in [5, 5.41) is 3.19. The lowest BCUT2D eigenvalue weighted by Crippen LogP contribution is -2.44. The van der Waals surface area contributed by atoms with Gasteiger partial charge in [-0.2, -0.15) is 0 Å². The van der Waals surface area contributed by atoms with Crippen LogP contribution in [0.15, 0.2) is 24.3 Å². The molecule has 1 N–H and O–H groups in total. The average molecular weight is 334 g/mol. The Labute approximate surface area is 145 Å². The Morgan fingerprint density at radius 3 is 2.33 bits per heavy atom. The number of ether oxygens (including phenoxy) is 2. The van der Waals surface area contributed by atoms with Crippen LogP contribution in [0.25, 0.3) is 0 Å². The van der Waals surface area contributed by atoms with Crippen molar-refractivity contribution in [1.29, 1.82) is 0 Å². The van der Waals surface area contributed by atoms with Gasteiger partial charge in [0.15, 0.2) is 0 Å². The fourth-order valence-electron chi connectivity index (χ4n) is 3.17. The quantitative estimate of drug-likeness (QED) is 0.833. The summed E-state index contributed by atoms with van der Waals surface area (Å²) >= 11 is 0. The molecule has 1 aliphatic heterocycles. The predicted octanol–water partition coefficient (Wildman–Crippen LogP) is 2.62. The first-order valence-corrected chi connectivity index (χ1v) is 8.72. The summed E-state index contributed by atoms with van der Waals surface area (Å²) in [6, 6.07) is 7.93. The van der Waals surface area contributed by atoms with E-state index in [1.54, 1.807) is 14.2 Å². The number of nitrogens with zero attached hydrogens (tertiary/aromatic N) is 1. The molecule has 1 heterocycles. The standard InChI is InChI=1S/C19H30N2O3/c1-14(2)19(15-5-7-16(23-3)8-6-15)20-18(22)13-21-11-9-17(24-4)10-12-21/h5-8,14,17,19H,9-13H2,1-4H3,(H,20,22). The molecule has 1 amide bonds. The highest BCUT2D eigenvalue weighted by Crippen LogP contribution is 2.24. The lowest BCUT2D eigenvalue weighted by Gasteiger charge is -2.31.